The monoisotopic (exact) mass is 232 g/mol. The first-order chi connectivity index (χ1) is 5.49. The van der Waals surface area contributed by atoms with Crippen molar-refractivity contribution in [2.45, 2.75) is 6.32 Å². The van der Waals surface area contributed by atoms with Crippen LogP contribution in [0.2, 0.25) is 5.02 Å². The fraction of sp³-hybridized carbons (Fsp3) is 0.143. The maximum Gasteiger partial charge on any atom is 1.00 e. The molecule has 66 valence electrons. The Kier molecular flexibility index (Phi) is 6.22. The molecule has 0 heterocycles. The van der Waals surface area contributed by atoms with Gasteiger partial charge in [-0.05, 0) is 6.07 Å². The summed E-state index contributed by atoms with van der Waals surface area (Å²) in [6.07, 6.45) is -0.903. The van der Waals surface area contributed by atoms with Crippen molar-refractivity contribution < 1.29 is 64.3 Å². The molecule has 0 saturated heterocycles. The van der Waals surface area contributed by atoms with E-state index in [1.165, 1.54) is 12.1 Å². The summed E-state index contributed by atoms with van der Waals surface area (Å²) >= 11 is 5.54. The number of hydrogen-bond acceptors (Lipinski definition) is 0. The molecule has 0 saturated carbocycles. The van der Waals surface area contributed by atoms with Crippen molar-refractivity contribution >= 4 is 18.6 Å². The number of halogens is 4. The number of hydrogen-bond donors (Lipinski definition) is 0. The van der Waals surface area contributed by atoms with Gasteiger partial charge < -0.3 is 12.9 Å². The van der Waals surface area contributed by atoms with Gasteiger partial charge in [0.05, 0.1) is 0 Å². The first-order valence-electron chi connectivity index (χ1n) is 3.43. The second-order valence-corrected chi connectivity index (χ2v) is 2.91. The Hall–Kier alpha value is 1.00. The first kappa shape index (κ1) is 14.0. The Morgan fingerprint density at radius 1 is 1.15 bits per heavy atom. The summed E-state index contributed by atoms with van der Waals surface area (Å²) in [5.74, 6) is 0. The summed E-state index contributed by atoms with van der Waals surface area (Å²) in [4.78, 5) is 0. The first-order valence-corrected chi connectivity index (χ1v) is 3.81. The molecule has 0 spiro atoms. The van der Waals surface area contributed by atoms with Gasteiger partial charge in [0.25, 0.3) is 0 Å². The van der Waals surface area contributed by atoms with Crippen molar-refractivity contribution in [1.29, 1.82) is 0 Å². The number of benzene rings is 1. The molecule has 6 heteroatoms. The van der Waals surface area contributed by atoms with Gasteiger partial charge in [0.15, 0.2) is 0 Å². The summed E-state index contributed by atoms with van der Waals surface area (Å²) in [6, 6.07) is 5.99. The van der Waals surface area contributed by atoms with Gasteiger partial charge in [0.1, 0.15) is 0 Å². The van der Waals surface area contributed by atoms with Crippen molar-refractivity contribution in [3.05, 3.63) is 34.9 Å². The molecule has 0 radical (unpaired) electrons. The van der Waals surface area contributed by atoms with Crippen molar-refractivity contribution in [3.8, 4) is 0 Å². The molecular formula is C7H6BClF3K. The fourth-order valence-corrected chi connectivity index (χ4v) is 1.13. The molecule has 0 fully saturated rings. The van der Waals surface area contributed by atoms with Crippen LogP contribution in [-0.4, -0.2) is 6.98 Å². The topological polar surface area (TPSA) is 0 Å². The maximum absolute atomic E-state index is 11.9. The average molecular weight is 232 g/mol. The Bertz CT molecular complexity index is 277. The third-order valence-electron chi connectivity index (χ3n) is 1.41. The van der Waals surface area contributed by atoms with Gasteiger partial charge in [-0.3, -0.25) is 0 Å². The standard InChI is InChI=1S/C7H6BClF3.K/c9-7-4-2-1-3-6(7)5-8(10,11)12;/h1-4H,5H2;/q-1;+1. The Balaban J connectivity index is 0.00000144. The minimum absolute atomic E-state index is 0. The Morgan fingerprint density at radius 3 is 2.15 bits per heavy atom. The van der Waals surface area contributed by atoms with E-state index in [-0.39, 0.29) is 62.0 Å². The third-order valence-corrected chi connectivity index (χ3v) is 1.78. The normalized spacial score (nSPS) is 10.8. The fourth-order valence-electron chi connectivity index (χ4n) is 0.913. The molecular weight excluding hydrogens is 226 g/mol. The summed E-state index contributed by atoms with van der Waals surface area (Å²) < 4.78 is 35.8. The van der Waals surface area contributed by atoms with E-state index < -0.39 is 13.3 Å². The second kappa shape index (κ2) is 5.78. The maximum atomic E-state index is 11.9. The van der Waals surface area contributed by atoms with Crippen molar-refractivity contribution in [2.24, 2.45) is 0 Å². The van der Waals surface area contributed by atoms with E-state index in [1.54, 1.807) is 12.1 Å². The van der Waals surface area contributed by atoms with Crippen LogP contribution in [0.4, 0.5) is 12.9 Å². The molecule has 0 atom stereocenters. The van der Waals surface area contributed by atoms with E-state index in [0.717, 1.165) is 0 Å². The van der Waals surface area contributed by atoms with Gasteiger partial charge >= 0.3 is 58.4 Å². The molecule has 13 heavy (non-hydrogen) atoms. The number of rotatable bonds is 2. The molecule has 0 aliphatic rings. The Labute approximate surface area is 122 Å². The molecule has 0 bridgehead atoms. The van der Waals surface area contributed by atoms with Crippen molar-refractivity contribution in [2.75, 3.05) is 0 Å². The van der Waals surface area contributed by atoms with E-state index in [9.17, 15) is 12.9 Å². The summed E-state index contributed by atoms with van der Waals surface area (Å²) in [6.45, 7) is -4.79. The van der Waals surface area contributed by atoms with Gasteiger partial charge in [0, 0.05) is 5.02 Å². The van der Waals surface area contributed by atoms with Crippen LogP contribution in [0.15, 0.2) is 24.3 Å². The smallest absolute Gasteiger partial charge is 0.449 e. The SMILES string of the molecule is F[B-](F)(F)Cc1ccccc1Cl.[K+]. The van der Waals surface area contributed by atoms with Gasteiger partial charge in [0.2, 0.25) is 0 Å². The van der Waals surface area contributed by atoms with Crippen LogP contribution in [0.1, 0.15) is 5.56 Å². The van der Waals surface area contributed by atoms with Crippen LogP contribution in [-0.2, 0) is 6.32 Å². The summed E-state index contributed by atoms with van der Waals surface area (Å²) in [5, 5.41) is 0.178. The summed E-state index contributed by atoms with van der Waals surface area (Å²) in [5.41, 5.74) is 0.145. The van der Waals surface area contributed by atoms with Gasteiger partial charge in [-0.2, -0.15) is 0 Å². The minimum atomic E-state index is -4.79. The quantitative estimate of drug-likeness (QED) is 0.643. The van der Waals surface area contributed by atoms with Crippen LogP contribution < -0.4 is 51.4 Å². The zero-order valence-corrected chi connectivity index (χ0v) is 11.0. The van der Waals surface area contributed by atoms with E-state index in [4.69, 9.17) is 11.6 Å². The predicted octanol–water partition coefficient (Wildman–Crippen LogP) is 0.273. The molecule has 0 amide bonds. The molecule has 0 aromatic heterocycles. The summed E-state index contributed by atoms with van der Waals surface area (Å²) in [7, 11) is 0. The van der Waals surface area contributed by atoms with Gasteiger partial charge in [-0.1, -0.05) is 41.7 Å². The van der Waals surface area contributed by atoms with Crippen LogP contribution in [0.25, 0.3) is 0 Å². The van der Waals surface area contributed by atoms with Crippen molar-refractivity contribution in [3.63, 3.8) is 0 Å². The van der Waals surface area contributed by atoms with E-state index in [1.807, 2.05) is 0 Å². The minimum Gasteiger partial charge on any atom is -0.449 e. The molecule has 0 nitrogen and oxygen atoms in total. The molecule has 0 N–H and O–H groups in total. The van der Waals surface area contributed by atoms with Crippen LogP contribution in [0.3, 0.4) is 0 Å². The molecule has 0 unspecified atom stereocenters. The molecule has 0 aliphatic heterocycles. The predicted molar refractivity (Wildman–Crippen MR) is 44.2 cm³/mol. The van der Waals surface area contributed by atoms with Crippen LogP contribution in [0.5, 0.6) is 0 Å². The van der Waals surface area contributed by atoms with Crippen molar-refractivity contribution in [1.82, 2.24) is 0 Å². The largest absolute Gasteiger partial charge is 1.00 e. The van der Waals surface area contributed by atoms with E-state index in [2.05, 4.69) is 0 Å². The van der Waals surface area contributed by atoms with Gasteiger partial charge in [-0.25, -0.2) is 0 Å². The molecule has 0 aliphatic carbocycles. The van der Waals surface area contributed by atoms with Crippen LogP contribution >= 0.6 is 11.6 Å². The average Bonchev–Trinajstić information content (AvgIpc) is 1.91. The third kappa shape index (κ3) is 5.44. The Morgan fingerprint density at radius 2 is 1.69 bits per heavy atom. The zero-order chi connectivity index (χ0) is 9.19. The second-order valence-electron chi connectivity index (χ2n) is 2.51. The molecule has 1 aromatic rings. The van der Waals surface area contributed by atoms with Gasteiger partial charge in [-0.15, -0.1) is 0 Å². The van der Waals surface area contributed by atoms with E-state index >= 15 is 0 Å². The van der Waals surface area contributed by atoms with E-state index in [0.29, 0.717) is 0 Å². The zero-order valence-electron chi connectivity index (χ0n) is 7.11. The molecule has 1 aromatic carbocycles. The van der Waals surface area contributed by atoms with Crippen LogP contribution in [0, 0.1) is 0 Å². The molecule has 1 rings (SSSR count).